The van der Waals surface area contributed by atoms with Crippen LogP contribution in [0.2, 0.25) is 0 Å². The van der Waals surface area contributed by atoms with Crippen LogP contribution in [-0.4, -0.2) is 36.6 Å². The Morgan fingerprint density at radius 3 is 2.88 bits per heavy atom. The third-order valence-electron chi connectivity index (χ3n) is 3.38. The van der Waals surface area contributed by atoms with Gasteiger partial charge in [0.25, 0.3) is 0 Å². The zero-order chi connectivity index (χ0) is 18.6. The quantitative estimate of drug-likeness (QED) is 0.553. The normalized spacial score (nSPS) is 10.5. The number of esters is 1. The van der Waals surface area contributed by atoms with Crippen molar-refractivity contribution in [3.05, 3.63) is 66.0 Å². The Hall–Kier alpha value is -3.15. The van der Waals surface area contributed by atoms with Gasteiger partial charge in [0, 0.05) is 25.0 Å². The molecule has 0 aliphatic heterocycles. The van der Waals surface area contributed by atoms with Crippen LogP contribution in [0, 0.1) is 0 Å². The number of rotatable bonds is 9. The topological polar surface area (TPSA) is 77.5 Å². The maximum atomic E-state index is 11.9. The van der Waals surface area contributed by atoms with E-state index in [4.69, 9.17) is 9.47 Å². The number of pyridine rings is 1. The van der Waals surface area contributed by atoms with Crippen molar-refractivity contribution < 1.29 is 19.1 Å². The SMILES string of the molecule is CCOC(=O)COc1cccc(/C=C/C(=O)NCCc2cccnc2)c1. The number of nitrogens with zero attached hydrogens (tertiary/aromatic N) is 1. The minimum Gasteiger partial charge on any atom is -0.482 e. The van der Waals surface area contributed by atoms with Crippen LogP contribution in [0.4, 0.5) is 0 Å². The van der Waals surface area contributed by atoms with E-state index in [0.717, 1.165) is 17.5 Å². The first-order valence-electron chi connectivity index (χ1n) is 8.40. The maximum absolute atomic E-state index is 11.9. The molecule has 0 radical (unpaired) electrons. The van der Waals surface area contributed by atoms with Gasteiger partial charge in [-0.05, 0) is 48.7 Å². The van der Waals surface area contributed by atoms with Crippen molar-refractivity contribution >= 4 is 18.0 Å². The van der Waals surface area contributed by atoms with Gasteiger partial charge in [0.1, 0.15) is 5.75 Å². The Morgan fingerprint density at radius 2 is 2.12 bits per heavy atom. The summed E-state index contributed by atoms with van der Waals surface area (Å²) in [5, 5.41) is 2.82. The van der Waals surface area contributed by atoms with Gasteiger partial charge in [0.15, 0.2) is 6.61 Å². The molecule has 0 saturated carbocycles. The van der Waals surface area contributed by atoms with Gasteiger partial charge in [-0.15, -0.1) is 0 Å². The van der Waals surface area contributed by atoms with Crippen molar-refractivity contribution in [1.29, 1.82) is 0 Å². The molecule has 0 aliphatic rings. The summed E-state index contributed by atoms with van der Waals surface area (Å²) in [5.74, 6) is -0.0506. The van der Waals surface area contributed by atoms with Crippen LogP contribution in [0.15, 0.2) is 54.9 Å². The summed E-state index contributed by atoms with van der Waals surface area (Å²) in [5.41, 5.74) is 1.87. The number of amides is 1. The molecule has 0 aliphatic carbocycles. The van der Waals surface area contributed by atoms with E-state index in [0.29, 0.717) is 18.9 Å². The lowest BCUT2D eigenvalue weighted by Gasteiger charge is -2.06. The van der Waals surface area contributed by atoms with Gasteiger partial charge in [-0.1, -0.05) is 18.2 Å². The summed E-state index contributed by atoms with van der Waals surface area (Å²) in [6, 6.07) is 11.0. The maximum Gasteiger partial charge on any atom is 0.344 e. The molecule has 0 bridgehead atoms. The van der Waals surface area contributed by atoms with E-state index < -0.39 is 5.97 Å². The molecule has 1 amide bonds. The lowest BCUT2D eigenvalue weighted by Crippen LogP contribution is -2.23. The van der Waals surface area contributed by atoms with Gasteiger partial charge >= 0.3 is 5.97 Å². The second-order valence-electron chi connectivity index (χ2n) is 5.40. The minimum absolute atomic E-state index is 0.143. The van der Waals surface area contributed by atoms with E-state index in [9.17, 15) is 9.59 Å². The summed E-state index contributed by atoms with van der Waals surface area (Å²) < 4.78 is 10.2. The number of hydrogen-bond acceptors (Lipinski definition) is 5. The molecule has 0 fully saturated rings. The van der Waals surface area contributed by atoms with Crippen molar-refractivity contribution in [2.24, 2.45) is 0 Å². The van der Waals surface area contributed by atoms with Crippen LogP contribution in [0.1, 0.15) is 18.1 Å². The highest BCUT2D eigenvalue weighted by Crippen LogP contribution is 2.14. The van der Waals surface area contributed by atoms with Crippen molar-refractivity contribution in [2.45, 2.75) is 13.3 Å². The summed E-state index contributed by atoms with van der Waals surface area (Å²) in [7, 11) is 0. The molecule has 2 aromatic rings. The molecule has 1 N–H and O–H groups in total. The van der Waals surface area contributed by atoms with E-state index in [1.54, 1.807) is 43.6 Å². The van der Waals surface area contributed by atoms with Crippen LogP contribution in [0.3, 0.4) is 0 Å². The summed E-state index contributed by atoms with van der Waals surface area (Å²) in [4.78, 5) is 27.2. The molecule has 26 heavy (non-hydrogen) atoms. The number of carbonyl (C=O) groups is 2. The number of nitrogens with one attached hydrogen (secondary N) is 1. The first-order chi connectivity index (χ1) is 12.7. The predicted octanol–water partition coefficient (Wildman–Crippen LogP) is 2.40. The largest absolute Gasteiger partial charge is 0.482 e. The van der Waals surface area contributed by atoms with Gasteiger partial charge < -0.3 is 14.8 Å². The molecule has 2 rings (SSSR count). The predicted molar refractivity (Wildman–Crippen MR) is 98.6 cm³/mol. The molecule has 6 heteroatoms. The van der Waals surface area contributed by atoms with E-state index in [2.05, 4.69) is 10.3 Å². The standard InChI is InChI=1S/C20H22N2O4/c1-2-25-20(24)15-26-18-7-3-5-16(13-18)8-9-19(23)22-12-10-17-6-4-11-21-14-17/h3-9,11,13-14H,2,10,12,15H2,1H3,(H,22,23)/b9-8+. The fourth-order valence-corrected chi connectivity index (χ4v) is 2.16. The molecule has 136 valence electrons. The van der Waals surface area contributed by atoms with Crippen molar-refractivity contribution in [1.82, 2.24) is 10.3 Å². The van der Waals surface area contributed by atoms with Crippen LogP contribution in [0.25, 0.3) is 6.08 Å². The van der Waals surface area contributed by atoms with Gasteiger partial charge in [-0.25, -0.2) is 4.79 Å². The number of ether oxygens (including phenoxy) is 2. The highest BCUT2D eigenvalue weighted by atomic mass is 16.6. The fraction of sp³-hybridized carbons (Fsp3) is 0.250. The Labute approximate surface area is 152 Å². The van der Waals surface area contributed by atoms with E-state index >= 15 is 0 Å². The second kappa shape index (κ2) is 10.7. The monoisotopic (exact) mass is 354 g/mol. The third kappa shape index (κ3) is 7.17. The summed E-state index contributed by atoms with van der Waals surface area (Å²) >= 11 is 0. The van der Waals surface area contributed by atoms with E-state index in [1.807, 2.05) is 18.2 Å². The molecule has 0 atom stereocenters. The van der Waals surface area contributed by atoms with Gasteiger partial charge in [0.2, 0.25) is 5.91 Å². The number of hydrogen-bond donors (Lipinski definition) is 1. The summed E-state index contributed by atoms with van der Waals surface area (Å²) in [6.07, 6.45) is 7.38. The van der Waals surface area contributed by atoms with Crippen molar-refractivity contribution in [3.8, 4) is 5.75 Å². The van der Waals surface area contributed by atoms with Crippen molar-refractivity contribution in [3.63, 3.8) is 0 Å². The Morgan fingerprint density at radius 1 is 1.23 bits per heavy atom. The first kappa shape index (κ1) is 19.2. The molecule has 1 aromatic heterocycles. The Bertz CT molecular complexity index is 744. The average molecular weight is 354 g/mol. The van der Waals surface area contributed by atoms with Gasteiger partial charge in [-0.3, -0.25) is 9.78 Å². The van der Waals surface area contributed by atoms with Crippen LogP contribution >= 0.6 is 0 Å². The summed E-state index contributed by atoms with van der Waals surface area (Å²) in [6.45, 7) is 2.46. The Balaban J connectivity index is 1.78. The second-order valence-corrected chi connectivity index (χ2v) is 5.40. The number of aromatic nitrogens is 1. The number of carbonyl (C=O) groups excluding carboxylic acids is 2. The molecular formula is C20H22N2O4. The lowest BCUT2D eigenvalue weighted by atomic mass is 10.2. The van der Waals surface area contributed by atoms with E-state index in [-0.39, 0.29) is 12.5 Å². The highest BCUT2D eigenvalue weighted by molar-refractivity contribution is 5.91. The number of benzene rings is 1. The third-order valence-corrected chi connectivity index (χ3v) is 3.38. The molecular weight excluding hydrogens is 332 g/mol. The smallest absolute Gasteiger partial charge is 0.344 e. The molecule has 0 saturated heterocycles. The van der Waals surface area contributed by atoms with Gasteiger partial charge in [0.05, 0.1) is 6.61 Å². The van der Waals surface area contributed by atoms with Gasteiger partial charge in [-0.2, -0.15) is 0 Å². The average Bonchev–Trinajstić information content (AvgIpc) is 2.66. The zero-order valence-electron chi connectivity index (χ0n) is 14.7. The fourth-order valence-electron chi connectivity index (χ4n) is 2.16. The van der Waals surface area contributed by atoms with Crippen LogP contribution < -0.4 is 10.1 Å². The molecule has 1 heterocycles. The molecule has 0 spiro atoms. The van der Waals surface area contributed by atoms with Crippen LogP contribution in [0.5, 0.6) is 5.75 Å². The zero-order valence-corrected chi connectivity index (χ0v) is 14.7. The van der Waals surface area contributed by atoms with Crippen molar-refractivity contribution in [2.75, 3.05) is 19.8 Å². The van der Waals surface area contributed by atoms with E-state index in [1.165, 1.54) is 6.08 Å². The molecule has 0 unspecified atom stereocenters. The van der Waals surface area contributed by atoms with Crippen LogP contribution in [-0.2, 0) is 20.7 Å². The molecule has 6 nitrogen and oxygen atoms in total. The Kier molecular flexibility index (Phi) is 7.86. The first-order valence-corrected chi connectivity index (χ1v) is 8.40. The minimum atomic E-state index is -0.415. The molecule has 1 aromatic carbocycles. The lowest BCUT2D eigenvalue weighted by molar-refractivity contribution is -0.145. The highest BCUT2D eigenvalue weighted by Gasteiger charge is 2.03.